The van der Waals surface area contributed by atoms with Crippen LogP contribution in [0.15, 0.2) is 11.6 Å². The highest BCUT2D eigenvalue weighted by molar-refractivity contribution is 5.66. The second-order valence-electron chi connectivity index (χ2n) is 16.1. The molecule has 9 unspecified atom stereocenters. The van der Waals surface area contributed by atoms with E-state index in [1.807, 2.05) is 0 Å². The largest absolute Gasteiger partial charge is 0.462 e. The molecule has 38 heavy (non-hydrogen) atoms. The van der Waals surface area contributed by atoms with Crippen LogP contribution in [0, 0.1) is 50.7 Å². The van der Waals surface area contributed by atoms with E-state index in [0.717, 1.165) is 25.7 Å². The molecule has 4 saturated carbocycles. The Bertz CT molecular complexity index is 1010. The van der Waals surface area contributed by atoms with E-state index >= 15 is 0 Å². The third-order valence-electron chi connectivity index (χ3n) is 13.4. The molecule has 0 aromatic heterocycles. The van der Waals surface area contributed by atoms with Crippen LogP contribution in [0.4, 0.5) is 0 Å². The molecule has 0 heterocycles. The summed E-state index contributed by atoms with van der Waals surface area (Å²) in [5.74, 6) is 2.18. The van der Waals surface area contributed by atoms with Crippen molar-refractivity contribution in [3.63, 3.8) is 0 Å². The fraction of sp³-hybridized carbons (Fsp3) is 0.882. The van der Waals surface area contributed by atoms with Crippen molar-refractivity contribution in [1.82, 2.24) is 0 Å². The van der Waals surface area contributed by atoms with Crippen molar-refractivity contribution in [2.75, 3.05) is 0 Å². The van der Waals surface area contributed by atoms with E-state index in [4.69, 9.17) is 9.47 Å². The highest BCUT2D eigenvalue weighted by Crippen LogP contribution is 2.70. The van der Waals surface area contributed by atoms with Crippen molar-refractivity contribution in [1.29, 1.82) is 0 Å². The summed E-state index contributed by atoms with van der Waals surface area (Å²) in [4.78, 5) is 23.8. The van der Waals surface area contributed by atoms with Gasteiger partial charge in [0.25, 0.3) is 0 Å². The summed E-state index contributed by atoms with van der Waals surface area (Å²) in [6.45, 7) is 20.4. The number of rotatable bonds is 2. The molecule has 4 nitrogen and oxygen atoms in total. The molecule has 0 saturated heterocycles. The van der Waals surface area contributed by atoms with E-state index in [9.17, 15) is 9.59 Å². The lowest BCUT2D eigenvalue weighted by Crippen LogP contribution is -2.59. The lowest BCUT2D eigenvalue weighted by molar-refractivity contribution is -0.192. The molecule has 5 rings (SSSR count). The topological polar surface area (TPSA) is 52.6 Å². The van der Waals surface area contributed by atoms with Crippen LogP contribution in [0.25, 0.3) is 0 Å². The molecule has 0 spiro atoms. The summed E-state index contributed by atoms with van der Waals surface area (Å²) < 4.78 is 11.8. The molecule has 0 N–H and O–H groups in total. The smallest absolute Gasteiger partial charge is 0.302 e. The predicted octanol–water partition coefficient (Wildman–Crippen LogP) is 8.28. The van der Waals surface area contributed by atoms with Gasteiger partial charge in [0.1, 0.15) is 12.2 Å². The van der Waals surface area contributed by atoms with E-state index < -0.39 is 0 Å². The Labute approximate surface area is 232 Å². The van der Waals surface area contributed by atoms with E-state index in [0.29, 0.717) is 29.1 Å². The quantitative estimate of drug-likeness (QED) is 0.268. The third kappa shape index (κ3) is 4.12. The van der Waals surface area contributed by atoms with Gasteiger partial charge in [0.2, 0.25) is 0 Å². The van der Waals surface area contributed by atoms with Gasteiger partial charge in [-0.2, -0.15) is 0 Å². The maximum atomic E-state index is 11.9. The van der Waals surface area contributed by atoms with E-state index in [-0.39, 0.29) is 45.8 Å². The Morgan fingerprint density at radius 1 is 0.684 bits per heavy atom. The zero-order valence-electron chi connectivity index (χ0n) is 25.7. The monoisotopic (exact) mass is 526 g/mol. The van der Waals surface area contributed by atoms with Crippen LogP contribution < -0.4 is 0 Å². The van der Waals surface area contributed by atoms with Gasteiger partial charge in [-0.25, -0.2) is 0 Å². The number of allylic oxidation sites excluding steroid dienone is 2. The normalized spacial score (nSPS) is 47.1. The maximum absolute atomic E-state index is 11.9. The minimum absolute atomic E-state index is 0.00846. The number of hydrogen-bond acceptors (Lipinski definition) is 4. The zero-order chi connectivity index (χ0) is 27.9. The summed E-state index contributed by atoms with van der Waals surface area (Å²) in [7, 11) is 0. The van der Waals surface area contributed by atoms with Crippen LogP contribution in [0.5, 0.6) is 0 Å². The van der Waals surface area contributed by atoms with Crippen molar-refractivity contribution in [2.45, 2.75) is 139 Å². The summed E-state index contributed by atoms with van der Waals surface area (Å²) in [5.41, 5.74) is 2.62. The van der Waals surface area contributed by atoms with Gasteiger partial charge in [-0.15, -0.1) is 0 Å². The Morgan fingerprint density at radius 3 is 1.82 bits per heavy atom. The van der Waals surface area contributed by atoms with Gasteiger partial charge in [0.05, 0.1) is 0 Å². The molecular weight excluding hydrogens is 472 g/mol. The van der Waals surface area contributed by atoms with Crippen LogP contribution in [0.3, 0.4) is 0 Å². The molecule has 5 aliphatic rings. The zero-order valence-corrected chi connectivity index (χ0v) is 25.7. The predicted molar refractivity (Wildman–Crippen MR) is 151 cm³/mol. The molecule has 4 heteroatoms. The first-order chi connectivity index (χ1) is 17.6. The third-order valence-corrected chi connectivity index (χ3v) is 13.4. The van der Waals surface area contributed by atoms with Crippen LogP contribution in [0.1, 0.15) is 127 Å². The van der Waals surface area contributed by atoms with Crippen LogP contribution in [0.2, 0.25) is 0 Å². The Balaban J connectivity index is 1.44. The molecule has 0 bridgehead atoms. The highest BCUT2D eigenvalue weighted by atomic mass is 16.5. The van der Waals surface area contributed by atoms with E-state index in [1.54, 1.807) is 19.4 Å². The summed E-state index contributed by atoms with van der Waals surface area (Å²) in [5, 5.41) is 0. The van der Waals surface area contributed by atoms with Gasteiger partial charge in [-0.1, -0.05) is 60.1 Å². The van der Waals surface area contributed by atoms with Gasteiger partial charge < -0.3 is 9.47 Å². The summed E-state index contributed by atoms with van der Waals surface area (Å²) in [6.07, 6.45) is 14.4. The van der Waals surface area contributed by atoms with Crippen LogP contribution >= 0.6 is 0 Å². The number of hydrogen-bond donors (Lipinski definition) is 0. The van der Waals surface area contributed by atoms with Crippen molar-refractivity contribution in [3.8, 4) is 0 Å². The lowest BCUT2D eigenvalue weighted by Gasteiger charge is -2.64. The Morgan fingerprint density at radius 2 is 1.24 bits per heavy atom. The SMILES string of the molecule is CC(=O)OC1CCC2(C)C3CCC4C(C)(CCC5C(C)(C)C(OC(C)=O)CCC45C)CC3=CCC2C1(C)C. The average Bonchev–Trinajstić information content (AvgIpc) is 2.94. The van der Waals surface area contributed by atoms with Gasteiger partial charge >= 0.3 is 11.9 Å². The molecule has 4 fully saturated rings. The Hall–Kier alpha value is -1.32. The minimum Gasteiger partial charge on any atom is -0.462 e. The van der Waals surface area contributed by atoms with E-state index in [2.05, 4.69) is 54.5 Å². The van der Waals surface area contributed by atoms with Gasteiger partial charge in [-0.3, -0.25) is 9.59 Å². The first kappa shape index (κ1) is 28.2. The second kappa shape index (κ2) is 9.10. The fourth-order valence-corrected chi connectivity index (χ4v) is 11.7. The summed E-state index contributed by atoms with van der Waals surface area (Å²) in [6, 6.07) is 0. The molecule has 5 aliphatic carbocycles. The molecule has 0 aromatic rings. The first-order valence-electron chi connectivity index (χ1n) is 15.6. The molecule has 0 radical (unpaired) electrons. The number of carbonyl (C=O) groups excluding carboxylic acids is 2. The van der Waals surface area contributed by atoms with Gasteiger partial charge in [0.15, 0.2) is 0 Å². The second-order valence-corrected chi connectivity index (χ2v) is 16.1. The number of carbonyl (C=O) groups is 2. The molecule has 0 aliphatic heterocycles. The standard InChI is InChI=1S/C34H54O4/c1-21(35)37-28-15-18-33(8)24-11-13-27-32(7,20-23(24)10-12-25(33)30(28,3)4)17-14-26-31(5,6)29(38-22(2)36)16-19-34(26,27)9/h10,24-29H,11-20H2,1-9H3. The Kier molecular flexibility index (Phi) is 6.76. The fourth-order valence-electron chi connectivity index (χ4n) is 11.7. The lowest BCUT2D eigenvalue weighted by atomic mass is 9.42. The molecular formula is C34H54O4. The van der Waals surface area contributed by atoms with Crippen molar-refractivity contribution >= 4 is 11.9 Å². The van der Waals surface area contributed by atoms with Crippen molar-refractivity contribution in [3.05, 3.63) is 11.6 Å². The molecule has 9 atom stereocenters. The summed E-state index contributed by atoms with van der Waals surface area (Å²) >= 11 is 0. The van der Waals surface area contributed by atoms with Crippen LogP contribution in [-0.4, -0.2) is 24.1 Å². The number of ether oxygens (including phenoxy) is 2. The molecule has 0 aromatic carbocycles. The van der Waals surface area contributed by atoms with Crippen molar-refractivity contribution in [2.24, 2.45) is 50.7 Å². The highest BCUT2D eigenvalue weighted by Gasteiger charge is 2.63. The number of fused-ring (bicyclic) bond motifs is 6. The van der Waals surface area contributed by atoms with Crippen molar-refractivity contribution < 1.29 is 19.1 Å². The number of esters is 2. The maximum Gasteiger partial charge on any atom is 0.302 e. The minimum atomic E-state index is -0.140. The van der Waals surface area contributed by atoms with Crippen LogP contribution in [-0.2, 0) is 19.1 Å². The molecule has 0 amide bonds. The van der Waals surface area contributed by atoms with Gasteiger partial charge in [-0.05, 0) is 104 Å². The first-order valence-corrected chi connectivity index (χ1v) is 15.6. The molecule has 214 valence electrons. The van der Waals surface area contributed by atoms with Gasteiger partial charge in [0, 0.05) is 24.7 Å². The average molecular weight is 527 g/mol. The van der Waals surface area contributed by atoms with E-state index in [1.165, 1.54) is 38.5 Å².